The molecule has 1 amide bonds. The predicted molar refractivity (Wildman–Crippen MR) is 83.6 cm³/mol. The second kappa shape index (κ2) is 6.76. The molecule has 2 unspecified atom stereocenters. The van der Waals surface area contributed by atoms with Gasteiger partial charge in [0.15, 0.2) is 6.61 Å². The summed E-state index contributed by atoms with van der Waals surface area (Å²) in [5.74, 6) is 1.95. The number of hydrogen-bond acceptors (Lipinski definition) is 5. The number of H-pyrrole nitrogens is 1. The van der Waals surface area contributed by atoms with Crippen LogP contribution in [0.1, 0.15) is 31.7 Å². The van der Waals surface area contributed by atoms with E-state index in [-0.39, 0.29) is 12.5 Å². The number of likely N-dealkylation sites (tertiary alicyclic amines) is 1. The van der Waals surface area contributed by atoms with Crippen molar-refractivity contribution < 1.29 is 9.53 Å². The molecule has 1 aliphatic heterocycles. The highest BCUT2D eigenvalue weighted by atomic mass is 16.5. The molecule has 0 spiro atoms. The number of carbonyl (C=O) groups is 1. The highest BCUT2D eigenvalue weighted by Crippen LogP contribution is 2.23. The van der Waals surface area contributed by atoms with Crippen LogP contribution in [0.3, 0.4) is 0 Å². The smallest absolute Gasteiger partial charge is 0.227 e. The number of amides is 1. The average molecular weight is 315 g/mol. The number of carbonyl (C=O) groups excluding carboxylic acids is 1. The second-order valence-electron chi connectivity index (χ2n) is 6.18. The minimum absolute atomic E-state index is 0.178. The number of aromatic nitrogens is 4. The Morgan fingerprint density at radius 2 is 2.30 bits per heavy atom. The average Bonchev–Trinajstić information content (AvgIpc) is 3.15. The summed E-state index contributed by atoms with van der Waals surface area (Å²) < 4.78 is 5.63. The molecule has 0 radical (unpaired) electrons. The first kappa shape index (κ1) is 15.5. The van der Waals surface area contributed by atoms with Crippen LogP contribution in [0.25, 0.3) is 0 Å². The molecular formula is C16H21N5O2. The van der Waals surface area contributed by atoms with Gasteiger partial charge in [0, 0.05) is 12.6 Å². The van der Waals surface area contributed by atoms with Crippen LogP contribution in [0.15, 0.2) is 24.3 Å². The van der Waals surface area contributed by atoms with E-state index in [1.54, 1.807) is 0 Å². The molecule has 2 atom stereocenters. The van der Waals surface area contributed by atoms with Gasteiger partial charge in [0.2, 0.25) is 11.7 Å². The molecule has 122 valence electrons. The molecule has 0 bridgehead atoms. The Labute approximate surface area is 135 Å². The van der Waals surface area contributed by atoms with Crippen LogP contribution < -0.4 is 4.74 Å². The van der Waals surface area contributed by atoms with E-state index in [0.29, 0.717) is 30.0 Å². The van der Waals surface area contributed by atoms with E-state index in [1.807, 2.05) is 29.2 Å². The zero-order chi connectivity index (χ0) is 16.2. The maximum atomic E-state index is 12.5. The molecule has 23 heavy (non-hydrogen) atoms. The van der Waals surface area contributed by atoms with Crippen molar-refractivity contribution in [3.05, 3.63) is 35.7 Å². The molecule has 1 aromatic carbocycles. The zero-order valence-corrected chi connectivity index (χ0v) is 13.4. The molecule has 7 heteroatoms. The highest BCUT2D eigenvalue weighted by Gasteiger charge is 2.29. The third kappa shape index (κ3) is 3.85. The maximum Gasteiger partial charge on any atom is 0.227 e. The monoisotopic (exact) mass is 315 g/mol. The van der Waals surface area contributed by atoms with Crippen LogP contribution in [0, 0.1) is 5.92 Å². The number of aromatic amines is 1. The summed E-state index contributed by atoms with van der Waals surface area (Å²) in [5, 5.41) is 13.5. The van der Waals surface area contributed by atoms with Gasteiger partial charge in [0.25, 0.3) is 0 Å². The van der Waals surface area contributed by atoms with E-state index in [2.05, 4.69) is 34.5 Å². The molecule has 2 heterocycles. The Bertz CT molecular complexity index is 658. The van der Waals surface area contributed by atoms with Gasteiger partial charge in [-0.1, -0.05) is 24.3 Å². The van der Waals surface area contributed by atoms with Crippen molar-refractivity contribution in [1.29, 1.82) is 0 Å². The van der Waals surface area contributed by atoms with Crippen LogP contribution in [0.4, 0.5) is 0 Å². The third-order valence-electron chi connectivity index (χ3n) is 4.12. The first-order valence-corrected chi connectivity index (χ1v) is 7.85. The predicted octanol–water partition coefficient (Wildman–Crippen LogP) is 1.58. The minimum atomic E-state index is 0.178. The number of tetrazole rings is 1. The number of benzene rings is 1. The van der Waals surface area contributed by atoms with E-state index < -0.39 is 0 Å². The summed E-state index contributed by atoms with van der Waals surface area (Å²) in [5.41, 5.74) is 0.951. The Balaban J connectivity index is 1.60. The lowest BCUT2D eigenvalue weighted by Gasteiger charge is -2.21. The van der Waals surface area contributed by atoms with Gasteiger partial charge in [-0.2, -0.15) is 5.21 Å². The van der Waals surface area contributed by atoms with Gasteiger partial charge in [-0.25, -0.2) is 0 Å². The Hall–Kier alpha value is -2.44. The summed E-state index contributed by atoms with van der Waals surface area (Å²) in [7, 11) is 0. The standard InChI is InChI=1S/C16H21N5O2/c1-11-6-12(2)21(9-11)16(22)8-13-4-3-5-14(7-13)23-10-15-17-19-20-18-15/h3-5,7,11-12H,6,8-10H2,1-2H3,(H,17,18,19,20). The molecule has 2 aromatic rings. The lowest BCUT2D eigenvalue weighted by atomic mass is 10.1. The van der Waals surface area contributed by atoms with Crippen molar-refractivity contribution in [3.63, 3.8) is 0 Å². The van der Waals surface area contributed by atoms with E-state index in [0.717, 1.165) is 18.5 Å². The largest absolute Gasteiger partial charge is 0.485 e. The number of hydrogen-bond donors (Lipinski definition) is 1. The van der Waals surface area contributed by atoms with E-state index >= 15 is 0 Å². The second-order valence-corrected chi connectivity index (χ2v) is 6.18. The van der Waals surface area contributed by atoms with Crippen molar-refractivity contribution in [3.8, 4) is 5.75 Å². The first-order valence-electron chi connectivity index (χ1n) is 7.85. The molecule has 1 N–H and O–H groups in total. The van der Waals surface area contributed by atoms with Crippen LogP contribution in [0.2, 0.25) is 0 Å². The summed E-state index contributed by atoms with van der Waals surface area (Å²) >= 11 is 0. The van der Waals surface area contributed by atoms with Crippen molar-refractivity contribution in [2.24, 2.45) is 5.92 Å². The number of rotatable bonds is 5. The fraction of sp³-hybridized carbons (Fsp3) is 0.500. The van der Waals surface area contributed by atoms with Gasteiger partial charge in [-0.3, -0.25) is 4.79 Å². The molecular weight excluding hydrogens is 294 g/mol. The van der Waals surface area contributed by atoms with Crippen LogP contribution in [0.5, 0.6) is 5.75 Å². The number of nitrogens with zero attached hydrogens (tertiary/aromatic N) is 4. The van der Waals surface area contributed by atoms with E-state index in [4.69, 9.17) is 4.74 Å². The zero-order valence-electron chi connectivity index (χ0n) is 13.4. The molecule has 7 nitrogen and oxygen atoms in total. The normalized spacial score (nSPS) is 20.7. The van der Waals surface area contributed by atoms with Crippen LogP contribution in [-0.2, 0) is 17.8 Å². The van der Waals surface area contributed by atoms with Crippen molar-refractivity contribution >= 4 is 5.91 Å². The Morgan fingerprint density at radius 3 is 3.00 bits per heavy atom. The molecule has 0 aliphatic carbocycles. The van der Waals surface area contributed by atoms with Gasteiger partial charge in [-0.15, -0.1) is 10.2 Å². The minimum Gasteiger partial charge on any atom is -0.485 e. The van der Waals surface area contributed by atoms with Crippen molar-refractivity contribution in [2.75, 3.05) is 6.54 Å². The molecule has 1 aromatic heterocycles. The van der Waals surface area contributed by atoms with Gasteiger partial charge in [0.1, 0.15) is 5.75 Å². The lowest BCUT2D eigenvalue weighted by Crippen LogP contribution is -2.35. The van der Waals surface area contributed by atoms with Gasteiger partial charge < -0.3 is 9.64 Å². The van der Waals surface area contributed by atoms with Crippen LogP contribution in [-0.4, -0.2) is 44.0 Å². The van der Waals surface area contributed by atoms with Crippen molar-refractivity contribution in [1.82, 2.24) is 25.5 Å². The third-order valence-corrected chi connectivity index (χ3v) is 4.12. The van der Waals surface area contributed by atoms with Crippen molar-refractivity contribution in [2.45, 2.75) is 39.3 Å². The summed E-state index contributed by atoms with van der Waals surface area (Å²) in [6, 6.07) is 7.92. The van der Waals surface area contributed by atoms with Gasteiger partial charge in [-0.05, 0) is 37.0 Å². The number of nitrogens with one attached hydrogen (secondary N) is 1. The van der Waals surface area contributed by atoms with Gasteiger partial charge in [0.05, 0.1) is 6.42 Å². The Morgan fingerprint density at radius 1 is 1.43 bits per heavy atom. The first-order chi connectivity index (χ1) is 11.1. The lowest BCUT2D eigenvalue weighted by molar-refractivity contribution is -0.131. The molecule has 3 rings (SSSR count). The Kier molecular flexibility index (Phi) is 4.55. The fourth-order valence-corrected chi connectivity index (χ4v) is 3.06. The molecule has 1 saturated heterocycles. The molecule has 1 aliphatic rings. The van der Waals surface area contributed by atoms with E-state index in [1.165, 1.54) is 0 Å². The summed E-state index contributed by atoms with van der Waals surface area (Å²) in [6.45, 7) is 5.41. The molecule has 1 fully saturated rings. The fourth-order valence-electron chi connectivity index (χ4n) is 3.06. The SMILES string of the molecule is CC1CC(C)N(C(=O)Cc2cccc(OCc3nn[nH]n3)c2)C1. The highest BCUT2D eigenvalue weighted by molar-refractivity contribution is 5.79. The summed E-state index contributed by atoms with van der Waals surface area (Å²) in [6.07, 6.45) is 1.48. The summed E-state index contributed by atoms with van der Waals surface area (Å²) in [4.78, 5) is 14.5. The topological polar surface area (TPSA) is 84.0 Å². The maximum absolute atomic E-state index is 12.5. The van der Waals surface area contributed by atoms with Gasteiger partial charge >= 0.3 is 0 Å². The quantitative estimate of drug-likeness (QED) is 0.905. The number of ether oxygens (including phenoxy) is 1. The molecule has 0 saturated carbocycles. The van der Waals surface area contributed by atoms with Crippen LogP contribution >= 0.6 is 0 Å². The van der Waals surface area contributed by atoms with E-state index in [9.17, 15) is 4.79 Å².